The van der Waals surface area contributed by atoms with Crippen LogP contribution in [-0.2, 0) is 25.8 Å². The average molecular weight is 284 g/mol. The van der Waals surface area contributed by atoms with Crippen LogP contribution in [0.25, 0.3) is 0 Å². The van der Waals surface area contributed by atoms with Crippen molar-refractivity contribution in [1.29, 1.82) is 0 Å². The maximum Gasteiger partial charge on any atom is 0.163 e. The maximum atomic E-state index is 11.9. The Morgan fingerprint density at radius 2 is 1.62 bits per heavy atom. The molecule has 0 bridgehead atoms. The Morgan fingerprint density at radius 3 is 2.10 bits per heavy atom. The standard InChI is InChI=1S/C18H24N2O/c1-5-14-8-10-15(11-9-14)12-20-17(7-3)18(13(4)21)16(6-2)19-20/h8-11H,5-7,12H2,1-4H3. The molecule has 1 aromatic heterocycles. The van der Waals surface area contributed by atoms with Crippen LogP contribution in [0, 0.1) is 0 Å². The quantitative estimate of drug-likeness (QED) is 0.756. The van der Waals surface area contributed by atoms with Crippen molar-refractivity contribution in [3.8, 4) is 0 Å². The van der Waals surface area contributed by atoms with E-state index in [-0.39, 0.29) is 5.78 Å². The van der Waals surface area contributed by atoms with Gasteiger partial charge in [0, 0.05) is 5.69 Å². The van der Waals surface area contributed by atoms with Crippen molar-refractivity contribution in [2.75, 3.05) is 0 Å². The number of aryl methyl sites for hydroxylation is 2. The van der Waals surface area contributed by atoms with Gasteiger partial charge < -0.3 is 0 Å². The first-order valence-electron chi connectivity index (χ1n) is 7.77. The van der Waals surface area contributed by atoms with Crippen molar-refractivity contribution in [2.24, 2.45) is 0 Å². The fourth-order valence-corrected chi connectivity index (χ4v) is 2.75. The Bertz CT molecular complexity index is 623. The molecule has 0 radical (unpaired) electrons. The zero-order valence-electron chi connectivity index (χ0n) is 13.4. The highest BCUT2D eigenvalue weighted by atomic mass is 16.1. The van der Waals surface area contributed by atoms with E-state index in [0.29, 0.717) is 0 Å². The van der Waals surface area contributed by atoms with Gasteiger partial charge in [0.15, 0.2) is 5.78 Å². The second-order valence-electron chi connectivity index (χ2n) is 5.36. The van der Waals surface area contributed by atoms with Crippen LogP contribution in [0.3, 0.4) is 0 Å². The summed E-state index contributed by atoms with van der Waals surface area (Å²) in [4.78, 5) is 11.9. The van der Waals surface area contributed by atoms with Gasteiger partial charge in [-0.05, 0) is 37.3 Å². The maximum absolute atomic E-state index is 11.9. The lowest BCUT2D eigenvalue weighted by Crippen LogP contribution is -2.07. The van der Waals surface area contributed by atoms with E-state index in [0.717, 1.165) is 42.8 Å². The van der Waals surface area contributed by atoms with Crippen LogP contribution in [0.2, 0.25) is 0 Å². The molecule has 1 heterocycles. The van der Waals surface area contributed by atoms with E-state index >= 15 is 0 Å². The van der Waals surface area contributed by atoms with Crippen LogP contribution in [0.5, 0.6) is 0 Å². The van der Waals surface area contributed by atoms with Gasteiger partial charge >= 0.3 is 0 Å². The highest BCUT2D eigenvalue weighted by Crippen LogP contribution is 2.18. The number of carbonyl (C=O) groups excluding carboxylic acids is 1. The molecule has 0 fully saturated rings. The Kier molecular flexibility index (Phi) is 4.94. The largest absolute Gasteiger partial charge is 0.294 e. The molecule has 112 valence electrons. The molecule has 3 heteroatoms. The molecule has 0 aliphatic rings. The number of benzene rings is 1. The Balaban J connectivity index is 2.36. The molecule has 0 aliphatic heterocycles. The van der Waals surface area contributed by atoms with Crippen molar-refractivity contribution in [3.63, 3.8) is 0 Å². The van der Waals surface area contributed by atoms with Crippen LogP contribution in [-0.4, -0.2) is 15.6 Å². The van der Waals surface area contributed by atoms with Crippen molar-refractivity contribution < 1.29 is 4.79 Å². The van der Waals surface area contributed by atoms with Gasteiger partial charge in [-0.25, -0.2) is 0 Å². The lowest BCUT2D eigenvalue weighted by Gasteiger charge is -2.08. The topological polar surface area (TPSA) is 34.9 Å². The molecular weight excluding hydrogens is 260 g/mol. The molecule has 1 aromatic carbocycles. The Hall–Kier alpha value is -1.90. The zero-order valence-corrected chi connectivity index (χ0v) is 13.4. The van der Waals surface area contributed by atoms with E-state index in [9.17, 15) is 4.79 Å². The Morgan fingerprint density at radius 1 is 1.00 bits per heavy atom. The Labute approximate surface area is 127 Å². The van der Waals surface area contributed by atoms with E-state index in [4.69, 9.17) is 0 Å². The summed E-state index contributed by atoms with van der Waals surface area (Å²) in [5, 5.41) is 4.65. The summed E-state index contributed by atoms with van der Waals surface area (Å²) < 4.78 is 2.00. The molecule has 0 unspecified atom stereocenters. The molecule has 0 N–H and O–H groups in total. The van der Waals surface area contributed by atoms with Crippen molar-refractivity contribution in [2.45, 2.75) is 53.5 Å². The van der Waals surface area contributed by atoms with Crippen molar-refractivity contribution >= 4 is 5.78 Å². The van der Waals surface area contributed by atoms with E-state index in [1.54, 1.807) is 6.92 Å². The minimum absolute atomic E-state index is 0.122. The summed E-state index contributed by atoms with van der Waals surface area (Å²) >= 11 is 0. The molecule has 2 aromatic rings. The summed E-state index contributed by atoms with van der Waals surface area (Å²) in [6.07, 6.45) is 2.68. The summed E-state index contributed by atoms with van der Waals surface area (Å²) in [6.45, 7) is 8.65. The smallest absolute Gasteiger partial charge is 0.163 e. The first-order valence-corrected chi connectivity index (χ1v) is 7.77. The highest BCUT2D eigenvalue weighted by molar-refractivity contribution is 5.96. The van der Waals surface area contributed by atoms with E-state index in [1.165, 1.54) is 11.1 Å². The second kappa shape index (κ2) is 6.70. The molecule has 2 rings (SSSR count). The van der Waals surface area contributed by atoms with Crippen LogP contribution < -0.4 is 0 Å². The van der Waals surface area contributed by atoms with Crippen molar-refractivity contribution in [1.82, 2.24) is 9.78 Å². The molecule has 3 nitrogen and oxygen atoms in total. The molecule has 0 saturated carbocycles. The second-order valence-corrected chi connectivity index (χ2v) is 5.36. The van der Waals surface area contributed by atoms with Gasteiger partial charge in [0.25, 0.3) is 0 Å². The third kappa shape index (κ3) is 3.23. The van der Waals surface area contributed by atoms with E-state index < -0.39 is 0 Å². The summed E-state index contributed by atoms with van der Waals surface area (Å²) in [5.41, 5.74) is 5.37. The zero-order chi connectivity index (χ0) is 15.4. The van der Waals surface area contributed by atoms with Gasteiger partial charge in [0.1, 0.15) is 0 Å². The third-order valence-electron chi connectivity index (χ3n) is 3.92. The van der Waals surface area contributed by atoms with Crippen LogP contribution in [0.4, 0.5) is 0 Å². The summed E-state index contributed by atoms with van der Waals surface area (Å²) in [7, 11) is 0. The average Bonchev–Trinajstić information content (AvgIpc) is 2.85. The number of carbonyl (C=O) groups is 1. The van der Waals surface area contributed by atoms with Crippen molar-refractivity contribution in [3.05, 3.63) is 52.3 Å². The number of hydrogen-bond acceptors (Lipinski definition) is 2. The van der Waals surface area contributed by atoms with Gasteiger partial charge in [-0.2, -0.15) is 5.10 Å². The van der Waals surface area contributed by atoms with Gasteiger partial charge in [-0.1, -0.05) is 45.0 Å². The van der Waals surface area contributed by atoms with E-state index in [1.807, 2.05) is 4.68 Å². The van der Waals surface area contributed by atoms with Gasteiger partial charge in [0.05, 0.1) is 17.8 Å². The van der Waals surface area contributed by atoms with Gasteiger partial charge in [0.2, 0.25) is 0 Å². The first-order chi connectivity index (χ1) is 10.1. The highest BCUT2D eigenvalue weighted by Gasteiger charge is 2.18. The molecule has 0 saturated heterocycles. The van der Waals surface area contributed by atoms with Crippen LogP contribution in [0.1, 0.15) is 60.6 Å². The molecule has 0 amide bonds. The lowest BCUT2D eigenvalue weighted by atomic mass is 10.1. The molecule has 0 aliphatic carbocycles. The normalized spacial score (nSPS) is 10.9. The predicted molar refractivity (Wildman–Crippen MR) is 85.9 cm³/mol. The first kappa shape index (κ1) is 15.5. The number of nitrogens with zero attached hydrogens (tertiary/aromatic N) is 2. The minimum atomic E-state index is 0.122. The number of ketones is 1. The summed E-state index contributed by atoms with van der Waals surface area (Å²) in [5.74, 6) is 0.122. The fraction of sp³-hybridized carbons (Fsp3) is 0.444. The van der Waals surface area contributed by atoms with Crippen LogP contribution >= 0.6 is 0 Å². The predicted octanol–water partition coefficient (Wildman–Crippen LogP) is 3.82. The van der Waals surface area contributed by atoms with Crippen LogP contribution in [0.15, 0.2) is 24.3 Å². The number of rotatable bonds is 6. The molecule has 21 heavy (non-hydrogen) atoms. The number of aromatic nitrogens is 2. The van der Waals surface area contributed by atoms with E-state index in [2.05, 4.69) is 50.1 Å². The van der Waals surface area contributed by atoms with Gasteiger partial charge in [-0.3, -0.25) is 9.48 Å². The fourth-order valence-electron chi connectivity index (χ4n) is 2.75. The lowest BCUT2D eigenvalue weighted by molar-refractivity contribution is 0.101. The minimum Gasteiger partial charge on any atom is -0.294 e. The monoisotopic (exact) mass is 284 g/mol. The third-order valence-corrected chi connectivity index (χ3v) is 3.92. The van der Waals surface area contributed by atoms with Gasteiger partial charge in [-0.15, -0.1) is 0 Å². The summed E-state index contributed by atoms with van der Waals surface area (Å²) in [6, 6.07) is 8.63. The molecular formula is C18H24N2O. The SMILES string of the molecule is CCc1ccc(Cn2nc(CC)c(C(C)=O)c2CC)cc1. The number of hydrogen-bond donors (Lipinski definition) is 0. The molecule has 0 atom stereocenters. The molecule has 0 spiro atoms. The number of Topliss-reactive ketones (excluding diaryl/α,β-unsaturated/α-hetero) is 1.